The van der Waals surface area contributed by atoms with Gasteiger partial charge in [-0.1, -0.05) is 0 Å². The average Bonchev–Trinajstić information content (AvgIpc) is 3.16. The molecule has 1 atom stereocenters. The molecule has 0 radical (unpaired) electrons. The Morgan fingerprint density at radius 3 is 3.00 bits per heavy atom. The molecule has 1 aromatic carbocycles. The molecule has 1 saturated heterocycles. The highest BCUT2D eigenvalue weighted by molar-refractivity contribution is 6.17. The van der Waals surface area contributed by atoms with Crippen LogP contribution in [-0.2, 0) is 9.59 Å². The molecule has 23 heavy (non-hydrogen) atoms. The van der Waals surface area contributed by atoms with Crippen LogP contribution in [0.1, 0.15) is 19.3 Å². The van der Waals surface area contributed by atoms with Crippen molar-refractivity contribution in [1.29, 1.82) is 0 Å². The van der Waals surface area contributed by atoms with E-state index < -0.39 is 0 Å². The van der Waals surface area contributed by atoms with Crippen LogP contribution in [0.25, 0.3) is 0 Å². The van der Waals surface area contributed by atoms with Crippen molar-refractivity contribution in [2.24, 2.45) is 5.92 Å². The number of ether oxygens (including phenoxy) is 2. The molecule has 2 heterocycles. The van der Waals surface area contributed by atoms with E-state index in [9.17, 15) is 9.59 Å². The zero-order chi connectivity index (χ0) is 16.2. The highest BCUT2D eigenvalue weighted by atomic mass is 35.5. The maximum Gasteiger partial charge on any atom is 0.231 e. The molecule has 1 fully saturated rings. The molecule has 6 nitrogen and oxygen atoms in total. The number of halogens is 1. The Balaban J connectivity index is 1.56. The highest BCUT2D eigenvalue weighted by Gasteiger charge is 2.31. The van der Waals surface area contributed by atoms with E-state index in [1.807, 2.05) is 18.2 Å². The van der Waals surface area contributed by atoms with Crippen molar-refractivity contribution in [2.45, 2.75) is 19.3 Å². The van der Waals surface area contributed by atoms with E-state index in [-0.39, 0.29) is 24.5 Å². The molecule has 124 valence electrons. The molecule has 0 saturated carbocycles. The van der Waals surface area contributed by atoms with Gasteiger partial charge in [-0.05, 0) is 18.6 Å². The lowest BCUT2D eigenvalue weighted by Crippen LogP contribution is -2.31. The fourth-order valence-corrected chi connectivity index (χ4v) is 2.93. The Morgan fingerprint density at radius 2 is 2.17 bits per heavy atom. The number of rotatable bonds is 6. The number of hydrogen-bond acceptors (Lipinski definition) is 4. The predicted molar refractivity (Wildman–Crippen MR) is 86.0 cm³/mol. The van der Waals surface area contributed by atoms with Gasteiger partial charge < -0.3 is 19.7 Å². The number of alkyl halides is 1. The molecular formula is C16H19ClN2O4. The molecule has 0 bridgehead atoms. The zero-order valence-electron chi connectivity index (χ0n) is 12.7. The summed E-state index contributed by atoms with van der Waals surface area (Å²) in [5.41, 5.74) is 0.801. The average molecular weight is 339 g/mol. The summed E-state index contributed by atoms with van der Waals surface area (Å²) in [6.45, 7) is 1.31. The van der Waals surface area contributed by atoms with Gasteiger partial charge in [0.25, 0.3) is 0 Å². The second-order valence-corrected chi connectivity index (χ2v) is 6.09. The summed E-state index contributed by atoms with van der Waals surface area (Å²) in [7, 11) is 0. The van der Waals surface area contributed by atoms with Crippen LogP contribution in [0.3, 0.4) is 0 Å². The van der Waals surface area contributed by atoms with E-state index in [1.165, 1.54) is 0 Å². The Kier molecular flexibility index (Phi) is 4.91. The van der Waals surface area contributed by atoms with Gasteiger partial charge in [-0.15, -0.1) is 11.6 Å². The van der Waals surface area contributed by atoms with E-state index in [0.717, 1.165) is 5.69 Å². The summed E-state index contributed by atoms with van der Waals surface area (Å²) in [6.07, 6.45) is 1.53. The first-order chi connectivity index (χ1) is 11.2. The van der Waals surface area contributed by atoms with Gasteiger partial charge in [0.15, 0.2) is 11.5 Å². The standard InChI is InChI=1S/C16H19ClN2O4/c17-5-1-2-15(20)18-8-11-6-16(21)19(9-11)12-3-4-13-14(7-12)23-10-22-13/h3-4,7,11H,1-2,5-6,8-10H2,(H,18,20). The van der Waals surface area contributed by atoms with Crippen LogP contribution in [-0.4, -0.2) is 37.6 Å². The fourth-order valence-electron chi connectivity index (χ4n) is 2.79. The number of anilines is 1. The molecule has 2 amide bonds. The van der Waals surface area contributed by atoms with E-state index in [4.69, 9.17) is 21.1 Å². The molecule has 0 spiro atoms. The van der Waals surface area contributed by atoms with Crippen molar-refractivity contribution in [2.75, 3.05) is 30.7 Å². The number of nitrogens with zero attached hydrogens (tertiary/aromatic N) is 1. The van der Waals surface area contributed by atoms with E-state index in [0.29, 0.717) is 49.7 Å². The first-order valence-electron chi connectivity index (χ1n) is 7.70. The van der Waals surface area contributed by atoms with Crippen LogP contribution in [0.2, 0.25) is 0 Å². The van der Waals surface area contributed by atoms with Crippen molar-refractivity contribution in [3.8, 4) is 11.5 Å². The molecule has 7 heteroatoms. The minimum absolute atomic E-state index is 0.0142. The van der Waals surface area contributed by atoms with Crippen LogP contribution in [0, 0.1) is 5.92 Å². The van der Waals surface area contributed by atoms with Crippen molar-refractivity contribution < 1.29 is 19.1 Å². The molecule has 1 N–H and O–H groups in total. The lowest BCUT2D eigenvalue weighted by molar-refractivity contribution is -0.121. The Bertz CT molecular complexity index is 608. The smallest absolute Gasteiger partial charge is 0.231 e. The number of nitrogens with one attached hydrogen (secondary N) is 1. The third kappa shape index (κ3) is 3.69. The lowest BCUT2D eigenvalue weighted by atomic mass is 10.1. The van der Waals surface area contributed by atoms with E-state index >= 15 is 0 Å². The van der Waals surface area contributed by atoms with E-state index in [2.05, 4.69) is 5.32 Å². The monoisotopic (exact) mass is 338 g/mol. The van der Waals surface area contributed by atoms with Gasteiger partial charge in [-0.2, -0.15) is 0 Å². The zero-order valence-corrected chi connectivity index (χ0v) is 13.5. The van der Waals surface area contributed by atoms with Gasteiger partial charge in [0, 0.05) is 49.5 Å². The third-order valence-corrected chi connectivity index (χ3v) is 4.27. The van der Waals surface area contributed by atoms with Crippen molar-refractivity contribution >= 4 is 29.1 Å². The van der Waals surface area contributed by atoms with Crippen LogP contribution < -0.4 is 19.7 Å². The highest BCUT2D eigenvalue weighted by Crippen LogP contribution is 2.37. The van der Waals surface area contributed by atoms with Gasteiger partial charge in [0.2, 0.25) is 18.6 Å². The number of amides is 2. The molecule has 2 aliphatic heterocycles. The van der Waals surface area contributed by atoms with Crippen molar-refractivity contribution in [3.05, 3.63) is 18.2 Å². The maximum atomic E-state index is 12.2. The first-order valence-corrected chi connectivity index (χ1v) is 8.23. The molecule has 0 aliphatic carbocycles. The van der Waals surface area contributed by atoms with Crippen LogP contribution >= 0.6 is 11.6 Å². The lowest BCUT2D eigenvalue weighted by Gasteiger charge is -2.17. The Hall–Kier alpha value is -1.95. The number of fused-ring (bicyclic) bond motifs is 1. The van der Waals surface area contributed by atoms with E-state index in [1.54, 1.807) is 4.90 Å². The number of benzene rings is 1. The Morgan fingerprint density at radius 1 is 1.35 bits per heavy atom. The molecule has 1 unspecified atom stereocenters. The number of hydrogen-bond donors (Lipinski definition) is 1. The van der Waals surface area contributed by atoms with Gasteiger partial charge in [0.1, 0.15) is 0 Å². The largest absolute Gasteiger partial charge is 0.454 e. The predicted octanol–water partition coefficient (Wildman–Crippen LogP) is 1.90. The van der Waals surface area contributed by atoms with Crippen molar-refractivity contribution in [3.63, 3.8) is 0 Å². The second kappa shape index (κ2) is 7.08. The minimum Gasteiger partial charge on any atom is -0.454 e. The molecule has 1 aromatic rings. The van der Waals surface area contributed by atoms with Crippen molar-refractivity contribution in [1.82, 2.24) is 5.32 Å². The van der Waals surface area contributed by atoms with Gasteiger partial charge in [0.05, 0.1) is 0 Å². The summed E-state index contributed by atoms with van der Waals surface area (Å²) in [6, 6.07) is 5.49. The van der Waals surface area contributed by atoms with Gasteiger partial charge >= 0.3 is 0 Å². The van der Waals surface area contributed by atoms with Crippen LogP contribution in [0.4, 0.5) is 5.69 Å². The number of carbonyl (C=O) groups excluding carboxylic acids is 2. The second-order valence-electron chi connectivity index (χ2n) is 5.71. The summed E-state index contributed by atoms with van der Waals surface area (Å²) < 4.78 is 10.6. The van der Waals surface area contributed by atoms with Gasteiger partial charge in [-0.3, -0.25) is 9.59 Å². The summed E-state index contributed by atoms with van der Waals surface area (Å²) in [5, 5.41) is 2.87. The Labute approximate surface area is 139 Å². The topological polar surface area (TPSA) is 67.9 Å². The van der Waals surface area contributed by atoms with Crippen LogP contribution in [0.5, 0.6) is 11.5 Å². The SMILES string of the molecule is O=C(CCCCl)NCC1CC(=O)N(c2ccc3c(c2)OCO3)C1. The summed E-state index contributed by atoms with van der Waals surface area (Å²) in [4.78, 5) is 25.6. The molecular weight excluding hydrogens is 320 g/mol. The molecule has 0 aromatic heterocycles. The molecule has 2 aliphatic rings. The van der Waals surface area contributed by atoms with Crippen LogP contribution in [0.15, 0.2) is 18.2 Å². The third-order valence-electron chi connectivity index (χ3n) is 4.00. The minimum atomic E-state index is -0.0142. The molecule has 3 rings (SSSR count). The summed E-state index contributed by atoms with van der Waals surface area (Å²) in [5.74, 6) is 2.00. The normalized spacial score (nSPS) is 19.3. The summed E-state index contributed by atoms with van der Waals surface area (Å²) >= 11 is 5.57. The maximum absolute atomic E-state index is 12.2. The van der Waals surface area contributed by atoms with Gasteiger partial charge in [-0.25, -0.2) is 0 Å². The fraction of sp³-hybridized carbons (Fsp3) is 0.500. The first kappa shape index (κ1) is 15.9. The number of carbonyl (C=O) groups is 2. The quantitative estimate of drug-likeness (QED) is 0.804.